The number of nitro groups is 1. The Morgan fingerprint density at radius 3 is 2.71 bits per heavy atom. The van der Waals surface area contributed by atoms with Gasteiger partial charge in [0.2, 0.25) is 5.91 Å². The van der Waals surface area contributed by atoms with E-state index in [0.717, 1.165) is 18.8 Å². The number of rotatable bonds is 8. The molecule has 1 aliphatic carbocycles. The topological polar surface area (TPSA) is 103 Å². The highest BCUT2D eigenvalue weighted by Crippen LogP contribution is 2.54. The third-order valence-corrected chi connectivity index (χ3v) is 6.33. The number of nitrogens with zero attached hydrogens (tertiary/aromatic N) is 4. The van der Waals surface area contributed by atoms with Crippen LogP contribution in [0.25, 0.3) is 0 Å². The van der Waals surface area contributed by atoms with Crippen LogP contribution in [-0.4, -0.2) is 31.3 Å². The van der Waals surface area contributed by atoms with E-state index >= 15 is 0 Å². The van der Waals surface area contributed by atoms with Crippen molar-refractivity contribution in [3.8, 4) is 0 Å². The monoisotopic (exact) mass is 437 g/mol. The number of anilines is 1. The lowest BCUT2D eigenvalue weighted by molar-refractivity contribution is -0.384. The molecule has 31 heavy (non-hydrogen) atoms. The summed E-state index contributed by atoms with van der Waals surface area (Å²) < 4.78 is 2.07. The minimum atomic E-state index is -0.489. The molecule has 4 rings (SSSR count). The molecule has 3 aromatic rings. The van der Waals surface area contributed by atoms with Gasteiger partial charge in [-0.05, 0) is 37.8 Å². The number of hydrogen-bond donors (Lipinski definition) is 1. The van der Waals surface area contributed by atoms with E-state index in [0.29, 0.717) is 22.7 Å². The van der Waals surface area contributed by atoms with E-state index in [2.05, 4.69) is 51.3 Å². The summed E-state index contributed by atoms with van der Waals surface area (Å²) in [5.41, 5.74) is 2.91. The van der Waals surface area contributed by atoms with Crippen molar-refractivity contribution in [1.29, 1.82) is 0 Å². The summed E-state index contributed by atoms with van der Waals surface area (Å²) in [6, 6.07) is 14.5. The van der Waals surface area contributed by atoms with Crippen LogP contribution in [-0.2, 0) is 11.3 Å². The van der Waals surface area contributed by atoms with Crippen molar-refractivity contribution >= 4 is 29.0 Å². The molecule has 0 saturated heterocycles. The summed E-state index contributed by atoms with van der Waals surface area (Å²) >= 11 is 1.32. The van der Waals surface area contributed by atoms with E-state index in [4.69, 9.17) is 0 Å². The molecule has 0 unspecified atom stereocenters. The van der Waals surface area contributed by atoms with Crippen LogP contribution in [0.5, 0.6) is 0 Å². The molecule has 160 valence electrons. The Kier molecular flexibility index (Phi) is 6.03. The van der Waals surface area contributed by atoms with Gasteiger partial charge in [0.05, 0.1) is 10.7 Å². The van der Waals surface area contributed by atoms with Gasteiger partial charge in [0, 0.05) is 30.3 Å². The summed E-state index contributed by atoms with van der Waals surface area (Å²) in [4.78, 5) is 22.7. The number of hydrogen-bond acceptors (Lipinski definition) is 6. The molecule has 0 bridgehead atoms. The highest BCUT2D eigenvalue weighted by molar-refractivity contribution is 7.99. The predicted molar refractivity (Wildman–Crippen MR) is 119 cm³/mol. The van der Waals surface area contributed by atoms with E-state index in [9.17, 15) is 14.9 Å². The maximum absolute atomic E-state index is 12.3. The van der Waals surface area contributed by atoms with Crippen LogP contribution in [0.2, 0.25) is 0 Å². The van der Waals surface area contributed by atoms with E-state index < -0.39 is 4.92 Å². The van der Waals surface area contributed by atoms with Crippen LogP contribution >= 0.6 is 11.8 Å². The molecule has 1 amide bonds. The standard InChI is InChI=1S/C22H23N5O3S/c1-3-26-21(19-12-18(19)15-9-7-14(2)8-10-15)24-25-22(26)31-13-20(28)23-16-5-4-6-17(11-16)27(29)30/h4-11,18-19H,3,12-13H2,1-2H3,(H,23,28)/t18-,19+/m0/s1. The lowest BCUT2D eigenvalue weighted by atomic mass is 10.1. The van der Waals surface area contributed by atoms with Gasteiger partial charge in [-0.2, -0.15) is 0 Å². The number of non-ortho nitro benzene ring substituents is 1. The van der Waals surface area contributed by atoms with E-state index in [1.807, 2.05) is 6.92 Å². The molecule has 2 atom stereocenters. The van der Waals surface area contributed by atoms with Gasteiger partial charge in [0.25, 0.3) is 5.69 Å². The van der Waals surface area contributed by atoms with Crippen molar-refractivity contribution in [3.63, 3.8) is 0 Å². The van der Waals surface area contributed by atoms with Crippen LogP contribution in [0.4, 0.5) is 11.4 Å². The van der Waals surface area contributed by atoms with Crippen LogP contribution in [0.3, 0.4) is 0 Å². The molecule has 0 spiro atoms. The van der Waals surface area contributed by atoms with Crippen molar-refractivity contribution < 1.29 is 9.72 Å². The fourth-order valence-corrected chi connectivity index (χ4v) is 4.47. The molecule has 0 aliphatic heterocycles. The van der Waals surface area contributed by atoms with Crippen LogP contribution in [0.1, 0.15) is 42.1 Å². The molecule has 0 radical (unpaired) electrons. The summed E-state index contributed by atoms with van der Waals surface area (Å²) in [5.74, 6) is 1.68. The first-order valence-corrected chi connectivity index (χ1v) is 11.1. The number of benzene rings is 2. The minimum Gasteiger partial charge on any atom is -0.325 e. The fraction of sp³-hybridized carbons (Fsp3) is 0.318. The van der Waals surface area contributed by atoms with Gasteiger partial charge in [-0.25, -0.2) is 0 Å². The Balaban J connectivity index is 1.38. The highest BCUT2D eigenvalue weighted by Gasteiger charge is 2.43. The number of carbonyl (C=O) groups is 1. The molecule has 1 aromatic heterocycles. The second-order valence-electron chi connectivity index (χ2n) is 7.59. The fourth-order valence-electron chi connectivity index (χ4n) is 3.67. The Hall–Kier alpha value is -3.20. The minimum absolute atomic E-state index is 0.0617. The van der Waals surface area contributed by atoms with E-state index in [1.165, 1.54) is 35.0 Å². The number of nitrogens with one attached hydrogen (secondary N) is 1. The first kappa shape index (κ1) is 21.0. The van der Waals surface area contributed by atoms with Gasteiger partial charge in [0.15, 0.2) is 5.16 Å². The first-order chi connectivity index (χ1) is 15.0. The average molecular weight is 438 g/mol. The zero-order chi connectivity index (χ0) is 22.0. The number of aryl methyl sites for hydroxylation is 1. The number of carbonyl (C=O) groups excluding carboxylic acids is 1. The molecule has 9 heteroatoms. The second-order valence-corrected chi connectivity index (χ2v) is 8.53. The van der Waals surface area contributed by atoms with Crippen LogP contribution in [0.15, 0.2) is 53.7 Å². The van der Waals surface area contributed by atoms with Gasteiger partial charge in [-0.3, -0.25) is 14.9 Å². The van der Waals surface area contributed by atoms with Gasteiger partial charge < -0.3 is 9.88 Å². The molecule has 1 fully saturated rings. The number of nitro benzene ring substituents is 1. The Bertz CT molecular complexity index is 1110. The molecular formula is C22H23N5O3S. The number of aromatic nitrogens is 3. The molecule has 8 nitrogen and oxygen atoms in total. The van der Waals surface area contributed by atoms with E-state index in [-0.39, 0.29) is 17.3 Å². The first-order valence-electron chi connectivity index (χ1n) is 10.1. The zero-order valence-electron chi connectivity index (χ0n) is 17.3. The number of thioether (sulfide) groups is 1. The smallest absolute Gasteiger partial charge is 0.271 e. The summed E-state index contributed by atoms with van der Waals surface area (Å²) in [6.45, 7) is 4.86. The number of amides is 1. The van der Waals surface area contributed by atoms with Gasteiger partial charge in [-0.15, -0.1) is 10.2 Å². The molecule has 1 N–H and O–H groups in total. The quantitative estimate of drug-likeness (QED) is 0.316. The Morgan fingerprint density at radius 1 is 1.23 bits per heavy atom. The Labute approximate surface area is 184 Å². The summed E-state index contributed by atoms with van der Waals surface area (Å²) in [5, 5.41) is 23.0. The maximum atomic E-state index is 12.3. The second kappa shape index (κ2) is 8.89. The maximum Gasteiger partial charge on any atom is 0.271 e. The third kappa shape index (κ3) is 4.77. The van der Waals surface area contributed by atoms with Crippen LogP contribution in [0, 0.1) is 17.0 Å². The summed E-state index contributed by atoms with van der Waals surface area (Å²) in [7, 11) is 0. The molecule has 2 aromatic carbocycles. The normalized spacial score (nSPS) is 17.4. The largest absolute Gasteiger partial charge is 0.325 e. The molecule has 1 saturated carbocycles. The Morgan fingerprint density at radius 2 is 2.00 bits per heavy atom. The lowest BCUT2D eigenvalue weighted by Crippen LogP contribution is -2.14. The van der Waals surface area contributed by atoms with Gasteiger partial charge >= 0.3 is 0 Å². The SMILES string of the molecule is CCn1c(SCC(=O)Nc2cccc([N+](=O)[O-])c2)nnc1[C@@H]1C[C@H]1c1ccc(C)cc1. The third-order valence-electron chi connectivity index (χ3n) is 5.36. The van der Waals surface area contributed by atoms with Gasteiger partial charge in [-0.1, -0.05) is 47.7 Å². The van der Waals surface area contributed by atoms with Crippen molar-refractivity contribution in [2.24, 2.45) is 0 Å². The van der Waals surface area contributed by atoms with Gasteiger partial charge in [0.1, 0.15) is 5.82 Å². The highest BCUT2D eigenvalue weighted by atomic mass is 32.2. The molecule has 1 heterocycles. The van der Waals surface area contributed by atoms with Crippen molar-refractivity contribution in [2.45, 2.75) is 43.8 Å². The van der Waals surface area contributed by atoms with Crippen molar-refractivity contribution in [3.05, 3.63) is 75.6 Å². The molecule has 1 aliphatic rings. The predicted octanol–water partition coefficient (Wildman–Crippen LogP) is 4.52. The van der Waals surface area contributed by atoms with Crippen molar-refractivity contribution in [2.75, 3.05) is 11.1 Å². The van der Waals surface area contributed by atoms with Crippen LogP contribution < -0.4 is 5.32 Å². The van der Waals surface area contributed by atoms with Crippen molar-refractivity contribution in [1.82, 2.24) is 14.8 Å². The summed E-state index contributed by atoms with van der Waals surface area (Å²) in [6.07, 6.45) is 1.05. The lowest BCUT2D eigenvalue weighted by Gasteiger charge is -2.08. The zero-order valence-corrected chi connectivity index (χ0v) is 18.1. The average Bonchev–Trinajstić information content (AvgIpc) is 3.44. The molecular weight excluding hydrogens is 414 g/mol. The van der Waals surface area contributed by atoms with E-state index in [1.54, 1.807) is 12.1 Å².